The molecule has 0 radical (unpaired) electrons. The number of rotatable bonds is 5. The molecule has 0 bridgehead atoms. The Morgan fingerprint density at radius 2 is 1.81 bits per heavy atom. The summed E-state index contributed by atoms with van der Waals surface area (Å²) in [6.45, 7) is 1.96. The number of aromatic nitrogens is 1. The second-order valence-corrected chi connectivity index (χ2v) is 11.2. The van der Waals surface area contributed by atoms with E-state index in [-0.39, 0.29) is 22.6 Å². The van der Waals surface area contributed by atoms with E-state index in [1.807, 2.05) is 37.3 Å². The maximum atomic E-state index is 14.0. The highest BCUT2D eigenvalue weighted by Gasteiger charge is 2.48. The summed E-state index contributed by atoms with van der Waals surface area (Å²) in [5, 5.41) is 11.8. The Kier molecular flexibility index (Phi) is 6.24. The number of thiazole rings is 1. The van der Waals surface area contributed by atoms with Gasteiger partial charge in [0.2, 0.25) is 0 Å². The van der Waals surface area contributed by atoms with E-state index >= 15 is 0 Å². The van der Waals surface area contributed by atoms with Crippen LogP contribution in [0.25, 0.3) is 16.0 Å². The van der Waals surface area contributed by atoms with Gasteiger partial charge in [0.25, 0.3) is 5.78 Å². The molecule has 7 nitrogen and oxygen atoms in total. The Hall–Kier alpha value is -5.02. The van der Waals surface area contributed by atoms with Crippen LogP contribution in [0.5, 0.6) is 17.2 Å². The van der Waals surface area contributed by atoms with Crippen LogP contribution in [0.4, 0.5) is 9.52 Å². The fourth-order valence-electron chi connectivity index (χ4n) is 5.43. The van der Waals surface area contributed by atoms with Crippen LogP contribution < -0.4 is 14.4 Å². The number of ketones is 1. The van der Waals surface area contributed by atoms with Crippen LogP contribution in [0, 0.1) is 5.82 Å². The number of Topliss-reactive ketones (excluding diaryl/α,β-unsaturated/α-hetero) is 1. The molecule has 2 atom stereocenters. The van der Waals surface area contributed by atoms with E-state index in [1.165, 1.54) is 23.1 Å². The van der Waals surface area contributed by atoms with E-state index in [2.05, 4.69) is 4.98 Å². The number of aliphatic hydroxyl groups is 1. The molecule has 0 spiro atoms. The number of hydrogen-bond donors (Lipinski definition) is 1. The second kappa shape index (κ2) is 10.1. The summed E-state index contributed by atoms with van der Waals surface area (Å²) in [4.78, 5) is 33.2. The largest absolute Gasteiger partial charge is 0.507 e. The predicted molar refractivity (Wildman–Crippen MR) is 158 cm³/mol. The van der Waals surface area contributed by atoms with Gasteiger partial charge in [-0.15, -0.1) is 0 Å². The molecule has 0 saturated carbocycles. The number of para-hydroxylation sites is 1. The number of nitrogens with zero attached hydrogens (tertiary/aromatic N) is 2. The fourth-order valence-corrected chi connectivity index (χ4v) is 6.45. The minimum Gasteiger partial charge on any atom is -0.507 e. The Morgan fingerprint density at radius 3 is 2.64 bits per heavy atom. The lowest BCUT2D eigenvalue weighted by atomic mass is 9.94. The van der Waals surface area contributed by atoms with Crippen LogP contribution in [0.2, 0.25) is 0 Å². The molecular formula is C33H23FN2O5S. The van der Waals surface area contributed by atoms with Crippen LogP contribution in [0.15, 0.2) is 96.6 Å². The topological polar surface area (TPSA) is 89.0 Å². The molecule has 1 N–H and O–H groups in total. The molecule has 4 aromatic carbocycles. The summed E-state index contributed by atoms with van der Waals surface area (Å²) in [6, 6.07) is 24.6. The molecule has 42 heavy (non-hydrogen) atoms. The van der Waals surface area contributed by atoms with Gasteiger partial charge in [-0.2, -0.15) is 0 Å². The van der Waals surface area contributed by atoms with Crippen molar-refractivity contribution in [3.8, 4) is 17.2 Å². The lowest BCUT2D eigenvalue weighted by Gasteiger charge is -2.23. The first-order valence-electron chi connectivity index (χ1n) is 13.4. The molecule has 208 valence electrons. The summed E-state index contributed by atoms with van der Waals surface area (Å²) >= 11 is 1.10. The van der Waals surface area contributed by atoms with Gasteiger partial charge in [-0.3, -0.25) is 14.5 Å². The third kappa shape index (κ3) is 4.48. The van der Waals surface area contributed by atoms with Crippen molar-refractivity contribution in [2.24, 2.45) is 0 Å². The average Bonchev–Trinajstić information content (AvgIpc) is 3.65. The maximum Gasteiger partial charge on any atom is 0.301 e. The number of benzene rings is 4. The SMILES string of the molecule is C[C@@H]1Cc2cc(/C(O)=C3\C(=O)C(=O)N(c4nc5ccc(F)cc5s4)[C@@H]3c3cccc(Oc4ccccc4)c3)ccc2O1. The number of halogens is 1. The lowest BCUT2D eigenvalue weighted by molar-refractivity contribution is -0.132. The summed E-state index contributed by atoms with van der Waals surface area (Å²) < 4.78 is 26.3. The highest BCUT2D eigenvalue weighted by molar-refractivity contribution is 7.22. The molecule has 2 aliphatic rings. The normalized spacial score (nSPS) is 19.2. The molecule has 2 aliphatic heterocycles. The van der Waals surface area contributed by atoms with Crippen LogP contribution in [-0.2, 0) is 16.0 Å². The molecule has 1 fully saturated rings. The van der Waals surface area contributed by atoms with Crippen molar-refractivity contribution in [3.63, 3.8) is 0 Å². The standard InChI is InChI=1S/C33H23FN2O5S/c1-18-14-21-15-20(10-13-26(21)40-18)30(37)28-29(19-6-5-9-24(16-19)41-23-7-3-2-4-8-23)36(32(39)31(28)38)33-35-25-12-11-22(34)17-27(25)42-33/h2-13,15-18,29,37H,14H2,1H3/b30-28+/t18-,29-/m1/s1. The highest BCUT2D eigenvalue weighted by Crippen LogP contribution is 2.45. The summed E-state index contributed by atoms with van der Waals surface area (Å²) in [5.74, 6) is -0.591. The van der Waals surface area contributed by atoms with Gasteiger partial charge in [0, 0.05) is 12.0 Å². The Bertz CT molecular complexity index is 1920. The summed E-state index contributed by atoms with van der Waals surface area (Å²) in [5.41, 5.74) is 2.26. The monoisotopic (exact) mass is 578 g/mol. The van der Waals surface area contributed by atoms with Gasteiger partial charge < -0.3 is 14.6 Å². The van der Waals surface area contributed by atoms with Gasteiger partial charge in [0.1, 0.15) is 34.9 Å². The molecule has 1 amide bonds. The number of ether oxygens (including phenoxy) is 2. The molecule has 5 aromatic rings. The quantitative estimate of drug-likeness (QED) is 0.135. The van der Waals surface area contributed by atoms with Gasteiger partial charge >= 0.3 is 5.91 Å². The van der Waals surface area contributed by atoms with Crippen LogP contribution in [0.3, 0.4) is 0 Å². The first kappa shape index (κ1) is 25.9. The Balaban J connectivity index is 1.38. The number of carbonyl (C=O) groups is 2. The first-order chi connectivity index (χ1) is 20.4. The van der Waals surface area contributed by atoms with Crippen molar-refractivity contribution < 1.29 is 28.6 Å². The van der Waals surface area contributed by atoms with Crippen LogP contribution >= 0.6 is 11.3 Å². The van der Waals surface area contributed by atoms with Gasteiger partial charge in [-0.1, -0.05) is 41.7 Å². The molecule has 3 heterocycles. The maximum absolute atomic E-state index is 14.0. The van der Waals surface area contributed by atoms with Crippen LogP contribution in [0.1, 0.15) is 29.7 Å². The van der Waals surface area contributed by atoms with Crippen LogP contribution in [-0.4, -0.2) is 27.9 Å². The third-order valence-electron chi connectivity index (χ3n) is 7.31. The van der Waals surface area contributed by atoms with Crippen molar-refractivity contribution in [3.05, 3.63) is 119 Å². The van der Waals surface area contributed by atoms with Crippen molar-refractivity contribution in [1.82, 2.24) is 4.98 Å². The lowest BCUT2D eigenvalue weighted by Crippen LogP contribution is -2.29. The van der Waals surface area contributed by atoms with Gasteiger partial charge in [-0.25, -0.2) is 9.37 Å². The van der Waals surface area contributed by atoms with E-state index in [9.17, 15) is 19.1 Å². The summed E-state index contributed by atoms with van der Waals surface area (Å²) in [6.07, 6.45) is 0.661. The zero-order valence-electron chi connectivity index (χ0n) is 22.3. The van der Waals surface area contributed by atoms with Crippen molar-refractivity contribution >= 4 is 44.1 Å². The minimum atomic E-state index is -1.02. The Morgan fingerprint density at radius 1 is 1.00 bits per heavy atom. The molecule has 1 saturated heterocycles. The van der Waals surface area contributed by atoms with E-state index in [0.717, 1.165) is 22.6 Å². The fraction of sp³-hybridized carbons (Fsp3) is 0.121. The van der Waals surface area contributed by atoms with E-state index in [4.69, 9.17) is 9.47 Å². The zero-order valence-corrected chi connectivity index (χ0v) is 23.1. The van der Waals surface area contributed by atoms with Crippen molar-refractivity contribution in [2.45, 2.75) is 25.5 Å². The molecule has 0 unspecified atom stereocenters. The first-order valence-corrected chi connectivity index (χ1v) is 14.2. The highest BCUT2D eigenvalue weighted by atomic mass is 32.1. The number of aliphatic hydroxyl groups excluding tert-OH is 1. The predicted octanol–water partition coefficient (Wildman–Crippen LogP) is 7.18. The number of fused-ring (bicyclic) bond motifs is 2. The second-order valence-electron chi connectivity index (χ2n) is 10.2. The number of carbonyl (C=O) groups excluding carboxylic acids is 2. The van der Waals surface area contributed by atoms with Gasteiger partial charge in [-0.05, 0) is 78.7 Å². The number of hydrogen-bond acceptors (Lipinski definition) is 7. The molecule has 0 aliphatic carbocycles. The van der Waals surface area contributed by atoms with E-state index in [0.29, 0.717) is 39.3 Å². The molecule has 1 aromatic heterocycles. The van der Waals surface area contributed by atoms with Crippen molar-refractivity contribution in [1.29, 1.82) is 0 Å². The third-order valence-corrected chi connectivity index (χ3v) is 8.33. The average molecular weight is 579 g/mol. The zero-order chi connectivity index (χ0) is 29.0. The summed E-state index contributed by atoms with van der Waals surface area (Å²) in [7, 11) is 0. The smallest absolute Gasteiger partial charge is 0.301 e. The van der Waals surface area contributed by atoms with Gasteiger partial charge in [0.05, 0.1) is 21.8 Å². The molecular weight excluding hydrogens is 555 g/mol. The minimum absolute atomic E-state index is 0.000738. The number of amides is 1. The van der Waals surface area contributed by atoms with E-state index < -0.39 is 23.5 Å². The van der Waals surface area contributed by atoms with Gasteiger partial charge in [0.15, 0.2) is 5.13 Å². The molecule has 7 rings (SSSR count). The number of anilines is 1. The van der Waals surface area contributed by atoms with E-state index in [1.54, 1.807) is 42.5 Å². The molecule has 9 heteroatoms. The Labute approximate surface area is 244 Å². The van der Waals surface area contributed by atoms with Crippen molar-refractivity contribution in [2.75, 3.05) is 4.90 Å².